The highest BCUT2D eigenvalue weighted by atomic mass is 32.2. The van der Waals surface area contributed by atoms with Gasteiger partial charge in [-0.2, -0.15) is 0 Å². The van der Waals surface area contributed by atoms with Crippen LogP contribution in [-0.4, -0.2) is 17.1 Å². The number of nitrogens with one attached hydrogen (secondary N) is 1. The predicted molar refractivity (Wildman–Crippen MR) is 121 cm³/mol. The third-order valence-electron chi connectivity index (χ3n) is 5.38. The molecule has 158 valence electrons. The van der Waals surface area contributed by atoms with Crippen LogP contribution in [0.5, 0.6) is 0 Å². The minimum Gasteiger partial charge on any atom is -0.352 e. The van der Waals surface area contributed by atoms with Gasteiger partial charge in [-0.05, 0) is 23.8 Å². The molecule has 0 fully saturated rings. The van der Waals surface area contributed by atoms with Crippen molar-refractivity contribution in [2.45, 2.75) is 30.2 Å². The van der Waals surface area contributed by atoms with Crippen molar-refractivity contribution in [1.29, 1.82) is 0 Å². The van der Waals surface area contributed by atoms with Gasteiger partial charge in [0.05, 0.1) is 18.2 Å². The minimum atomic E-state index is -0.586. The van der Waals surface area contributed by atoms with Gasteiger partial charge in [-0.1, -0.05) is 67.6 Å². The summed E-state index contributed by atoms with van der Waals surface area (Å²) in [6, 6.07) is 23.7. The highest BCUT2D eigenvalue weighted by Gasteiger charge is 2.39. The molecule has 1 heterocycles. The molecule has 3 aromatic rings. The van der Waals surface area contributed by atoms with E-state index in [4.69, 9.17) is 0 Å². The zero-order chi connectivity index (χ0) is 21.8. The maximum Gasteiger partial charge on any atom is 0.241 e. The number of thioether (sulfide) groups is 1. The van der Waals surface area contributed by atoms with Crippen LogP contribution in [0, 0.1) is 11.7 Å². The second-order valence-electron chi connectivity index (χ2n) is 7.51. The first-order valence-electron chi connectivity index (χ1n) is 10.2. The molecule has 6 heteroatoms. The molecule has 0 unspecified atom stereocenters. The van der Waals surface area contributed by atoms with Crippen molar-refractivity contribution in [2.75, 3.05) is 4.90 Å². The van der Waals surface area contributed by atoms with Crippen molar-refractivity contribution < 1.29 is 14.0 Å². The van der Waals surface area contributed by atoms with Crippen LogP contribution in [0.1, 0.15) is 18.1 Å². The Morgan fingerprint density at radius 1 is 1.03 bits per heavy atom. The summed E-state index contributed by atoms with van der Waals surface area (Å²) in [5.41, 5.74) is 2.18. The van der Waals surface area contributed by atoms with Crippen LogP contribution in [0.15, 0.2) is 83.8 Å². The number of amides is 2. The fourth-order valence-corrected chi connectivity index (χ4v) is 4.88. The van der Waals surface area contributed by atoms with Crippen LogP contribution in [0.4, 0.5) is 10.1 Å². The molecule has 0 saturated carbocycles. The summed E-state index contributed by atoms with van der Waals surface area (Å²) in [5, 5.41) is 2.35. The number of benzene rings is 3. The van der Waals surface area contributed by atoms with Gasteiger partial charge in [0.25, 0.3) is 0 Å². The fraction of sp³-hybridized carbons (Fsp3) is 0.200. The van der Waals surface area contributed by atoms with Crippen molar-refractivity contribution in [3.8, 4) is 0 Å². The van der Waals surface area contributed by atoms with Gasteiger partial charge >= 0.3 is 0 Å². The molecule has 0 radical (unpaired) electrons. The molecule has 0 saturated heterocycles. The third kappa shape index (κ3) is 4.64. The Morgan fingerprint density at radius 3 is 2.48 bits per heavy atom. The van der Waals surface area contributed by atoms with Crippen LogP contribution in [-0.2, 0) is 22.7 Å². The molecule has 2 atom stereocenters. The van der Waals surface area contributed by atoms with Crippen LogP contribution in [0.3, 0.4) is 0 Å². The van der Waals surface area contributed by atoms with Crippen LogP contribution < -0.4 is 10.2 Å². The van der Waals surface area contributed by atoms with Crippen LogP contribution in [0.2, 0.25) is 0 Å². The Bertz CT molecular complexity index is 1090. The van der Waals surface area contributed by atoms with Gasteiger partial charge in [-0.25, -0.2) is 4.39 Å². The average Bonchev–Trinajstić information content (AvgIpc) is 2.80. The molecule has 31 heavy (non-hydrogen) atoms. The van der Waals surface area contributed by atoms with Crippen molar-refractivity contribution in [2.24, 2.45) is 5.92 Å². The molecule has 4 nitrogen and oxygen atoms in total. The molecule has 1 aliphatic rings. The van der Waals surface area contributed by atoms with Crippen molar-refractivity contribution in [1.82, 2.24) is 5.32 Å². The Kier molecular flexibility index (Phi) is 6.37. The van der Waals surface area contributed by atoms with Gasteiger partial charge in [0, 0.05) is 17.0 Å². The van der Waals surface area contributed by atoms with Gasteiger partial charge < -0.3 is 10.2 Å². The Hall–Kier alpha value is -3.12. The zero-order valence-corrected chi connectivity index (χ0v) is 17.9. The van der Waals surface area contributed by atoms with Crippen molar-refractivity contribution >= 4 is 29.3 Å². The molecule has 0 bridgehead atoms. The van der Waals surface area contributed by atoms with E-state index in [1.165, 1.54) is 17.8 Å². The van der Waals surface area contributed by atoms with Gasteiger partial charge in [0.15, 0.2) is 0 Å². The zero-order valence-electron chi connectivity index (χ0n) is 17.1. The molecule has 0 aromatic heterocycles. The van der Waals surface area contributed by atoms with E-state index in [1.54, 1.807) is 30.0 Å². The van der Waals surface area contributed by atoms with Gasteiger partial charge in [0.2, 0.25) is 11.8 Å². The Balaban J connectivity index is 1.55. The average molecular weight is 435 g/mol. The van der Waals surface area contributed by atoms with Crippen LogP contribution in [0.25, 0.3) is 0 Å². The van der Waals surface area contributed by atoms with E-state index < -0.39 is 11.2 Å². The number of fused-ring (bicyclic) bond motifs is 1. The normalized spacial score (nSPS) is 16.5. The SMILES string of the molecule is C[C@@H](C(=O)NCc1ccccc1)[C@@H]1Sc2ccccc2N(Cc2ccccc2F)C1=O. The lowest BCUT2D eigenvalue weighted by atomic mass is 10.0. The molecule has 1 N–H and O–H groups in total. The summed E-state index contributed by atoms with van der Waals surface area (Å²) < 4.78 is 14.3. The number of carbonyl (C=O) groups is 2. The second kappa shape index (κ2) is 9.35. The molecule has 0 spiro atoms. The van der Waals surface area contributed by atoms with E-state index in [0.29, 0.717) is 12.1 Å². The first-order valence-corrected chi connectivity index (χ1v) is 11.0. The van der Waals surface area contributed by atoms with E-state index in [1.807, 2.05) is 54.6 Å². The quantitative estimate of drug-likeness (QED) is 0.607. The number of rotatable bonds is 6. The first-order chi connectivity index (χ1) is 15.0. The highest BCUT2D eigenvalue weighted by molar-refractivity contribution is 8.01. The molecule has 2 amide bonds. The molecule has 0 aliphatic carbocycles. The van der Waals surface area contributed by atoms with Gasteiger partial charge in [-0.15, -0.1) is 11.8 Å². The fourth-order valence-electron chi connectivity index (χ4n) is 3.60. The number of halogens is 1. The van der Waals surface area contributed by atoms with Gasteiger partial charge in [0.1, 0.15) is 11.1 Å². The number of para-hydroxylation sites is 1. The largest absolute Gasteiger partial charge is 0.352 e. The van der Waals surface area contributed by atoms with Gasteiger partial charge in [-0.3, -0.25) is 9.59 Å². The number of hydrogen-bond acceptors (Lipinski definition) is 3. The lowest BCUT2D eigenvalue weighted by molar-refractivity contribution is -0.128. The van der Waals surface area contributed by atoms with Crippen LogP contribution >= 0.6 is 11.8 Å². The molecule has 3 aromatic carbocycles. The summed E-state index contributed by atoms with van der Waals surface area (Å²) >= 11 is 1.40. The lowest BCUT2D eigenvalue weighted by Gasteiger charge is -2.35. The Morgan fingerprint density at radius 2 is 1.71 bits per heavy atom. The summed E-state index contributed by atoms with van der Waals surface area (Å²) in [7, 11) is 0. The maximum absolute atomic E-state index is 14.3. The van der Waals surface area contributed by atoms with E-state index in [2.05, 4.69) is 5.32 Å². The lowest BCUT2D eigenvalue weighted by Crippen LogP contribution is -2.47. The minimum absolute atomic E-state index is 0.123. The summed E-state index contributed by atoms with van der Waals surface area (Å²) in [4.78, 5) is 28.8. The van der Waals surface area contributed by atoms with E-state index in [9.17, 15) is 14.0 Å². The summed E-state index contributed by atoms with van der Waals surface area (Å²) in [6.07, 6.45) is 0. The predicted octanol–water partition coefficient (Wildman–Crippen LogP) is 4.79. The third-order valence-corrected chi connectivity index (χ3v) is 6.85. The second-order valence-corrected chi connectivity index (χ2v) is 8.70. The highest BCUT2D eigenvalue weighted by Crippen LogP contribution is 2.42. The number of carbonyl (C=O) groups excluding carboxylic acids is 2. The summed E-state index contributed by atoms with van der Waals surface area (Å²) in [5.74, 6) is -1.26. The van der Waals surface area contributed by atoms with E-state index in [0.717, 1.165) is 16.1 Å². The molecule has 1 aliphatic heterocycles. The Labute approximate surface area is 185 Å². The molecule has 4 rings (SSSR count). The smallest absolute Gasteiger partial charge is 0.241 e. The number of anilines is 1. The first kappa shape index (κ1) is 21.1. The van der Waals surface area contributed by atoms with E-state index in [-0.39, 0.29) is 24.2 Å². The standard InChI is InChI=1S/C25H23FN2O2S/c1-17(24(29)27-15-18-9-3-2-4-10-18)23-25(30)28(16-19-11-5-6-12-20(19)26)21-13-7-8-14-22(21)31-23/h2-14,17,23H,15-16H2,1H3,(H,27,29)/t17-,23+/m1/s1. The van der Waals surface area contributed by atoms with Crippen molar-refractivity contribution in [3.05, 3.63) is 95.8 Å². The monoisotopic (exact) mass is 434 g/mol. The maximum atomic E-state index is 14.3. The summed E-state index contributed by atoms with van der Waals surface area (Å²) in [6.45, 7) is 2.30. The van der Waals surface area contributed by atoms with E-state index >= 15 is 0 Å². The topological polar surface area (TPSA) is 49.4 Å². The van der Waals surface area contributed by atoms with Crippen molar-refractivity contribution in [3.63, 3.8) is 0 Å². The number of nitrogens with zero attached hydrogens (tertiary/aromatic N) is 1. The molecular formula is C25H23FN2O2S. The number of hydrogen-bond donors (Lipinski definition) is 1. The molecular weight excluding hydrogens is 411 g/mol.